The van der Waals surface area contributed by atoms with Gasteiger partial charge in [0.2, 0.25) is 0 Å². The third-order valence-electron chi connectivity index (χ3n) is 5.37. The molecule has 0 radical (unpaired) electrons. The third kappa shape index (κ3) is 4.37. The van der Waals surface area contributed by atoms with Gasteiger partial charge in [0.05, 0.1) is 17.7 Å². The quantitative estimate of drug-likeness (QED) is 0.318. The minimum Gasteiger partial charge on any atom is -0.507 e. The summed E-state index contributed by atoms with van der Waals surface area (Å²) in [6.45, 7) is 5.66. The summed E-state index contributed by atoms with van der Waals surface area (Å²) in [5.41, 5.74) is 2.08. The lowest BCUT2D eigenvalue weighted by Crippen LogP contribution is -2.29. The Morgan fingerprint density at radius 3 is 2.42 bits per heavy atom. The molecule has 3 aromatic carbocycles. The number of Topliss-reactive ketones (excluding diaryl/α,β-unsaturated/α-hetero) is 1. The number of benzene rings is 3. The number of hydrogen-bond donors (Lipinski definition) is 1. The van der Waals surface area contributed by atoms with Gasteiger partial charge in [-0.3, -0.25) is 14.5 Å². The van der Waals surface area contributed by atoms with Gasteiger partial charge < -0.3 is 9.84 Å². The van der Waals surface area contributed by atoms with E-state index in [1.165, 1.54) is 23.1 Å². The van der Waals surface area contributed by atoms with E-state index in [4.69, 9.17) is 4.74 Å². The molecule has 33 heavy (non-hydrogen) atoms. The molecule has 0 saturated carbocycles. The summed E-state index contributed by atoms with van der Waals surface area (Å²) in [7, 11) is 0. The first kappa shape index (κ1) is 22.3. The van der Waals surface area contributed by atoms with Crippen molar-refractivity contribution in [3.63, 3.8) is 0 Å². The molecule has 5 nitrogen and oxygen atoms in total. The van der Waals surface area contributed by atoms with Crippen molar-refractivity contribution in [1.82, 2.24) is 0 Å². The first-order valence-electron chi connectivity index (χ1n) is 10.7. The number of nitrogens with zero attached hydrogens (tertiary/aromatic N) is 1. The Morgan fingerprint density at radius 2 is 1.73 bits per heavy atom. The summed E-state index contributed by atoms with van der Waals surface area (Å²) in [5, 5.41) is 11.2. The van der Waals surface area contributed by atoms with Gasteiger partial charge in [-0.2, -0.15) is 0 Å². The third-order valence-corrected chi connectivity index (χ3v) is 5.37. The topological polar surface area (TPSA) is 66.8 Å². The minimum absolute atomic E-state index is 0.0587. The summed E-state index contributed by atoms with van der Waals surface area (Å²) >= 11 is 0. The molecule has 168 valence electrons. The maximum Gasteiger partial charge on any atom is 0.300 e. The molecule has 1 aliphatic rings. The first-order chi connectivity index (χ1) is 15.8. The van der Waals surface area contributed by atoms with Crippen LogP contribution in [-0.2, 0) is 9.59 Å². The highest BCUT2D eigenvalue weighted by molar-refractivity contribution is 6.51. The fourth-order valence-corrected chi connectivity index (χ4v) is 4.02. The van der Waals surface area contributed by atoms with Gasteiger partial charge in [0.15, 0.2) is 0 Å². The zero-order chi connectivity index (χ0) is 23.7. The van der Waals surface area contributed by atoms with Gasteiger partial charge in [-0.15, -0.1) is 0 Å². The van der Waals surface area contributed by atoms with Crippen LogP contribution >= 0.6 is 0 Å². The number of aliphatic hydroxyl groups excluding tert-OH is 1. The van der Waals surface area contributed by atoms with Crippen LogP contribution in [0, 0.1) is 12.7 Å². The predicted octanol–water partition coefficient (Wildman–Crippen LogP) is 5.55. The summed E-state index contributed by atoms with van der Waals surface area (Å²) in [6, 6.07) is 18.6. The van der Waals surface area contributed by atoms with Crippen LogP contribution in [0.5, 0.6) is 5.75 Å². The molecule has 1 unspecified atom stereocenters. The number of aryl methyl sites for hydroxylation is 1. The summed E-state index contributed by atoms with van der Waals surface area (Å²) in [5.74, 6) is -1.98. The van der Waals surface area contributed by atoms with E-state index in [1.54, 1.807) is 36.4 Å². The maximum atomic E-state index is 14.0. The molecule has 1 amide bonds. The fraction of sp³-hybridized carbons (Fsp3) is 0.185. The molecular weight excluding hydrogens is 421 g/mol. The van der Waals surface area contributed by atoms with Crippen molar-refractivity contribution < 1.29 is 23.8 Å². The highest BCUT2D eigenvalue weighted by Gasteiger charge is 2.47. The lowest BCUT2D eigenvalue weighted by Gasteiger charge is -2.25. The summed E-state index contributed by atoms with van der Waals surface area (Å²) < 4.78 is 19.7. The van der Waals surface area contributed by atoms with Crippen molar-refractivity contribution in [3.8, 4) is 5.75 Å². The number of carbonyl (C=O) groups excluding carboxylic acids is 2. The van der Waals surface area contributed by atoms with Gasteiger partial charge in [0.1, 0.15) is 17.3 Å². The number of rotatable bonds is 5. The van der Waals surface area contributed by atoms with Crippen molar-refractivity contribution in [2.24, 2.45) is 0 Å². The van der Waals surface area contributed by atoms with Gasteiger partial charge in [0, 0.05) is 11.3 Å². The average molecular weight is 445 g/mol. The van der Waals surface area contributed by atoms with Crippen LogP contribution in [0.1, 0.15) is 36.6 Å². The Bertz CT molecular complexity index is 1260. The molecule has 1 N–H and O–H groups in total. The number of carbonyl (C=O) groups is 2. The van der Waals surface area contributed by atoms with E-state index in [2.05, 4.69) is 0 Å². The molecule has 0 bridgehead atoms. The summed E-state index contributed by atoms with van der Waals surface area (Å²) in [6.07, 6.45) is -0.0757. The van der Waals surface area contributed by atoms with Gasteiger partial charge in [-0.1, -0.05) is 48.0 Å². The van der Waals surface area contributed by atoms with E-state index in [-0.39, 0.29) is 23.1 Å². The van der Waals surface area contributed by atoms with E-state index in [9.17, 15) is 19.1 Å². The number of ether oxygens (including phenoxy) is 1. The Hall–Kier alpha value is -3.93. The van der Waals surface area contributed by atoms with Crippen LogP contribution in [0.3, 0.4) is 0 Å². The van der Waals surface area contributed by atoms with Crippen LogP contribution in [0.2, 0.25) is 0 Å². The Labute approximate surface area is 191 Å². The lowest BCUT2D eigenvalue weighted by molar-refractivity contribution is -0.132. The molecule has 0 spiro atoms. The largest absolute Gasteiger partial charge is 0.507 e. The molecule has 1 saturated heterocycles. The van der Waals surface area contributed by atoms with Crippen molar-refractivity contribution >= 4 is 23.1 Å². The molecule has 0 aliphatic carbocycles. The Balaban J connectivity index is 1.92. The number of amides is 1. The van der Waals surface area contributed by atoms with E-state index < -0.39 is 23.5 Å². The van der Waals surface area contributed by atoms with Gasteiger partial charge in [0.25, 0.3) is 11.7 Å². The second-order valence-corrected chi connectivity index (χ2v) is 8.26. The van der Waals surface area contributed by atoms with Gasteiger partial charge >= 0.3 is 0 Å². The first-order valence-corrected chi connectivity index (χ1v) is 10.7. The standard InChI is InChI=1S/C27H24FNO4/c1-16(2)33-22-12-5-9-19(14-22)25(30)23-24(18-8-4-7-17(3)13-18)29(27(32)26(23)31)21-11-6-10-20(28)15-21/h4-16,24,30H,1-3H3/b25-23+. The van der Waals surface area contributed by atoms with Crippen molar-refractivity contribution in [3.05, 3.63) is 101 Å². The van der Waals surface area contributed by atoms with Crippen LogP contribution in [0.25, 0.3) is 5.76 Å². The molecule has 1 fully saturated rings. The SMILES string of the molecule is Cc1cccc(C2/C(=C(\O)c3cccc(OC(C)C)c3)C(=O)C(=O)N2c2cccc(F)c2)c1. The van der Waals surface area contributed by atoms with Gasteiger partial charge in [-0.05, 0) is 56.7 Å². The van der Waals surface area contributed by atoms with E-state index in [0.29, 0.717) is 16.9 Å². The van der Waals surface area contributed by atoms with Gasteiger partial charge in [-0.25, -0.2) is 4.39 Å². The highest BCUT2D eigenvalue weighted by Crippen LogP contribution is 2.42. The zero-order valence-corrected chi connectivity index (χ0v) is 18.6. The number of hydrogen-bond acceptors (Lipinski definition) is 4. The Morgan fingerprint density at radius 1 is 1.00 bits per heavy atom. The fourth-order valence-electron chi connectivity index (χ4n) is 4.02. The molecule has 0 aromatic heterocycles. The van der Waals surface area contributed by atoms with Crippen molar-refractivity contribution in [2.45, 2.75) is 32.9 Å². The van der Waals surface area contributed by atoms with Crippen LogP contribution in [0.15, 0.2) is 78.4 Å². The lowest BCUT2D eigenvalue weighted by atomic mass is 9.94. The number of halogens is 1. The molecule has 6 heteroatoms. The second-order valence-electron chi connectivity index (χ2n) is 8.26. The smallest absolute Gasteiger partial charge is 0.300 e. The highest BCUT2D eigenvalue weighted by atomic mass is 19.1. The van der Waals surface area contributed by atoms with E-state index in [0.717, 1.165) is 5.56 Å². The number of ketones is 1. The Kier molecular flexibility index (Phi) is 6.01. The van der Waals surface area contributed by atoms with Crippen LogP contribution in [-0.4, -0.2) is 22.9 Å². The maximum absolute atomic E-state index is 14.0. The number of anilines is 1. The van der Waals surface area contributed by atoms with E-state index in [1.807, 2.05) is 39.0 Å². The zero-order valence-electron chi connectivity index (χ0n) is 18.6. The molecule has 1 aliphatic heterocycles. The predicted molar refractivity (Wildman–Crippen MR) is 125 cm³/mol. The average Bonchev–Trinajstić information content (AvgIpc) is 3.04. The van der Waals surface area contributed by atoms with Crippen LogP contribution < -0.4 is 9.64 Å². The molecule has 3 aromatic rings. The van der Waals surface area contributed by atoms with Crippen LogP contribution in [0.4, 0.5) is 10.1 Å². The minimum atomic E-state index is -0.915. The second kappa shape index (κ2) is 8.90. The molecule has 1 atom stereocenters. The van der Waals surface area contributed by atoms with Crippen molar-refractivity contribution in [2.75, 3.05) is 4.90 Å². The monoisotopic (exact) mass is 445 g/mol. The number of aliphatic hydroxyl groups is 1. The van der Waals surface area contributed by atoms with Crippen molar-refractivity contribution in [1.29, 1.82) is 0 Å². The molecular formula is C27H24FNO4. The molecule has 1 heterocycles. The summed E-state index contributed by atoms with van der Waals surface area (Å²) in [4.78, 5) is 27.6. The normalized spacial score (nSPS) is 17.6. The van der Waals surface area contributed by atoms with E-state index >= 15 is 0 Å². The molecule has 4 rings (SSSR count).